The number of rotatable bonds is 2. The average Bonchev–Trinajstić information content (AvgIpc) is 2.28. The fourth-order valence-corrected chi connectivity index (χ4v) is 1.95. The molecular formula is C15H19N3. The van der Waals surface area contributed by atoms with Crippen LogP contribution in [-0.4, -0.2) is 15.2 Å². The van der Waals surface area contributed by atoms with Crippen LogP contribution in [0.15, 0.2) is 30.3 Å². The van der Waals surface area contributed by atoms with Gasteiger partial charge in [-0.15, -0.1) is 5.10 Å². The second-order valence-electron chi connectivity index (χ2n) is 5.57. The molecule has 0 N–H and O–H groups in total. The van der Waals surface area contributed by atoms with Crippen LogP contribution in [0.1, 0.15) is 43.5 Å². The van der Waals surface area contributed by atoms with Crippen LogP contribution < -0.4 is 0 Å². The first-order valence-corrected chi connectivity index (χ1v) is 6.21. The summed E-state index contributed by atoms with van der Waals surface area (Å²) in [5, 5.41) is 8.42. The molecule has 0 saturated carbocycles. The summed E-state index contributed by atoms with van der Waals surface area (Å²) in [6.07, 6.45) is 0.809. The summed E-state index contributed by atoms with van der Waals surface area (Å²) in [6.45, 7) is 8.31. The van der Waals surface area contributed by atoms with Gasteiger partial charge in [-0.25, -0.2) is 4.98 Å². The minimum atomic E-state index is -0.0299. The van der Waals surface area contributed by atoms with E-state index >= 15 is 0 Å². The van der Waals surface area contributed by atoms with Gasteiger partial charge in [0.1, 0.15) is 5.82 Å². The van der Waals surface area contributed by atoms with Gasteiger partial charge >= 0.3 is 0 Å². The summed E-state index contributed by atoms with van der Waals surface area (Å²) in [5.74, 6) is 0.730. The highest BCUT2D eigenvalue weighted by Crippen LogP contribution is 2.23. The van der Waals surface area contributed by atoms with Gasteiger partial charge in [0.15, 0.2) is 0 Å². The molecule has 3 heteroatoms. The van der Waals surface area contributed by atoms with Gasteiger partial charge in [0.25, 0.3) is 0 Å². The summed E-state index contributed by atoms with van der Waals surface area (Å²) in [4.78, 5) is 4.56. The van der Waals surface area contributed by atoms with E-state index in [9.17, 15) is 0 Å². The van der Waals surface area contributed by atoms with Gasteiger partial charge < -0.3 is 0 Å². The van der Waals surface area contributed by atoms with Crippen LogP contribution in [0.3, 0.4) is 0 Å². The Bertz CT molecular complexity index is 527. The highest BCUT2D eigenvalue weighted by Gasteiger charge is 2.21. The SMILES string of the molecule is Cc1nnc(C(C)(C)C)c(Cc2ccccc2)n1. The van der Waals surface area contributed by atoms with Crippen LogP contribution in [0.5, 0.6) is 0 Å². The molecule has 1 heterocycles. The molecule has 2 rings (SSSR count). The van der Waals surface area contributed by atoms with Crippen LogP contribution in [0, 0.1) is 6.92 Å². The number of aryl methyl sites for hydroxylation is 1. The number of hydrogen-bond donors (Lipinski definition) is 0. The van der Waals surface area contributed by atoms with Crippen molar-refractivity contribution in [3.05, 3.63) is 53.1 Å². The number of aromatic nitrogens is 3. The van der Waals surface area contributed by atoms with Crippen molar-refractivity contribution in [2.24, 2.45) is 0 Å². The lowest BCUT2D eigenvalue weighted by Gasteiger charge is -2.20. The van der Waals surface area contributed by atoms with Crippen molar-refractivity contribution in [3.63, 3.8) is 0 Å². The molecule has 0 aliphatic heterocycles. The number of hydrogen-bond acceptors (Lipinski definition) is 3. The van der Waals surface area contributed by atoms with Crippen LogP contribution in [-0.2, 0) is 11.8 Å². The Kier molecular flexibility index (Phi) is 3.41. The highest BCUT2D eigenvalue weighted by atomic mass is 15.2. The maximum atomic E-state index is 4.56. The Labute approximate surface area is 108 Å². The molecule has 94 valence electrons. The summed E-state index contributed by atoms with van der Waals surface area (Å²) in [5.41, 5.74) is 3.23. The van der Waals surface area contributed by atoms with Crippen molar-refractivity contribution in [2.75, 3.05) is 0 Å². The van der Waals surface area contributed by atoms with Gasteiger partial charge in [-0.2, -0.15) is 5.10 Å². The van der Waals surface area contributed by atoms with E-state index in [0.717, 1.165) is 23.6 Å². The molecule has 0 fully saturated rings. The van der Waals surface area contributed by atoms with Gasteiger partial charge in [-0.05, 0) is 12.5 Å². The molecule has 18 heavy (non-hydrogen) atoms. The van der Waals surface area contributed by atoms with Crippen molar-refractivity contribution in [1.29, 1.82) is 0 Å². The first-order chi connectivity index (χ1) is 8.47. The van der Waals surface area contributed by atoms with E-state index in [2.05, 4.69) is 48.1 Å². The van der Waals surface area contributed by atoms with E-state index in [1.165, 1.54) is 5.56 Å². The van der Waals surface area contributed by atoms with Crippen molar-refractivity contribution in [1.82, 2.24) is 15.2 Å². The fraction of sp³-hybridized carbons (Fsp3) is 0.400. The van der Waals surface area contributed by atoms with E-state index in [4.69, 9.17) is 0 Å². The predicted octanol–water partition coefficient (Wildman–Crippen LogP) is 3.07. The molecule has 0 bridgehead atoms. The molecule has 0 spiro atoms. The zero-order valence-electron chi connectivity index (χ0n) is 11.4. The first kappa shape index (κ1) is 12.7. The first-order valence-electron chi connectivity index (χ1n) is 6.21. The second-order valence-corrected chi connectivity index (χ2v) is 5.57. The van der Waals surface area contributed by atoms with Gasteiger partial charge in [-0.3, -0.25) is 0 Å². The van der Waals surface area contributed by atoms with E-state index in [1.807, 2.05) is 25.1 Å². The quantitative estimate of drug-likeness (QED) is 0.811. The molecule has 0 unspecified atom stereocenters. The normalized spacial score (nSPS) is 11.6. The molecule has 2 aromatic rings. The highest BCUT2D eigenvalue weighted by molar-refractivity contribution is 5.27. The van der Waals surface area contributed by atoms with E-state index in [1.54, 1.807) is 0 Å². The number of nitrogens with zero attached hydrogens (tertiary/aromatic N) is 3. The monoisotopic (exact) mass is 241 g/mol. The van der Waals surface area contributed by atoms with Crippen molar-refractivity contribution >= 4 is 0 Å². The number of benzene rings is 1. The topological polar surface area (TPSA) is 38.7 Å². The molecule has 0 amide bonds. The third-order valence-electron chi connectivity index (χ3n) is 2.79. The van der Waals surface area contributed by atoms with E-state index in [-0.39, 0.29) is 5.41 Å². The van der Waals surface area contributed by atoms with Gasteiger partial charge in [0.05, 0.1) is 11.4 Å². The Balaban J connectivity index is 2.40. The molecule has 0 aliphatic carbocycles. The van der Waals surface area contributed by atoms with Crippen LogP contribution >= 0.6 is 0 Å². The largest absolute Gasteiger partial charge is 0.234 e. The Morgan fingerprint density at radius 2 is 1.67 bits per heavy atom. The summed E-state index contributed by atoms with van der Waals surface area (Å²) in [6, 6.07) is 10.4. The summed E-state index contributed by atoms with van der Waals surface area (Å²) in [7, 11) is 0. The third-order valence-corrected chi connectivity index (χ3v) is 2.79. The maximum absolute atomic E-state index is 4.56. The zero-order chi connectivity index (χ0) is 13.2. The zero-order valence-corrected chi connectivity index (χ0v) is 11.4. The lowest BCUT2D eigenvalue weighted by molar-refractivity contribution is 0.541. The van der Waals surface area contributed by atoms with Crippen LogP contribution in [0.25, 0.3) is 0 Å². The van der Waals surface area contributed by atoms with E-state index < -0.39 is 0 Å². The average molecular weight is 241 g/mol. The smallest absolute Gasteiger partial charge is 0.148 e. The lowest BCUT2D eigenvalue weighted by atomic mass is 9.89. The molecule has 0 radical (unpaired) electrons. The fourth-order valence-electron chi connectivity index (χ4n) is 1.95. The Morgan fingerprint density at radius 3 is 2.28 bits per heavy atom. The lowest BCUT2D eigenvalue weighted by Crippen LogP contribution is -2.19. The molecule has 1 aromatic heterocycles. The molecular weight excluding hydrogens is 222 g/mol. The van der Waals surface area contributed by atoms with Gasteiger partial charge in [0.2, 0.25) is 0 Å². The van der Waals surface area contributed by atoms with Crippen molar-refractivity contribution < 1.29 is 0 Å². The Hall–Kier alpha value is -1.77. The standard InChI is InChI=1S/C15H19N3/c1-11-16-13(10-12-8-6-5-7-9-12)14(18-17-11)15(2,3)4/h5-9H,10H2,1-4H3. The second kappa shape index (κ2) is 4.84. The van der Waals surface area contributed by atoms with Crippen LogP contribution in [0.4, 0.5) is 0 Å². The van der Waals surface area contributed by atoms with Crippen molar-refractivity contribution in [3.8, 4) is 0 Å². The van der Waals surface area contributed by atoms with Crippen LogP contribution in [0.2, 0.25) is 0 Å². The molecule has 0 atom stereocenters. The Morgan fingerprint density at radius 1 is 1.00 bits per heavy atom. The van der Waals surface area contributed by atoms with Gasteiger partial charge in [0, 0.05) is 11.8 Å². The maximum Gasteiger partial charge on any atom is 0.148 e. The summed E-state index contributed by atoms with van der Waals surface area (Å²) >= 11 is 0. The summed E-state index contributed by atoms with van der Waals surface area (Å²) < 4.78 is 0. The predicted molar refractivity (Wildman–Crippen MR) is 72.5 cm³/mol. The third kappa shape index (κ3) is 2.92. The van der Waals surface area contributed by atoms with Crippen molar-refractivity contribution in [2.45, 2.75) is 39.5 Å². The molecule has 0 aliphatic rings. The molecule has 1 aromatic carbocycles. The molecule has 3 nitrogen and oxygen atoms in total. The van der Waals surface area contributed by atoms with Gasteiger partial charge in [-0.1, -0.05) is 51.1 Å². The van der Waals surface area contributed by atoms with E-state index in [0.29, 0.717) is 0 Å². The minimum absolute atomic E-state index is 0.0299. The minimum Gasteiger partial charge on any atom is -0.234 e. The molecule has 0 saturated heterocycles.